The molecule has 0 amide bonds. The third kappa shape index (κ3) is 3.31. The van der Waals surface area contributed by atoms with Crippen LogP contribution in [0, 0.1) is 5.92 Å². The van der Waals surface area contributed by atoms with Crippen LogP contribution in [0.3, 0.4) is 0 Å². The van der Waals surface area contributed by atoms with Crippen molar-refractivity contribution in [2.75, 3.05) is 13.1 Å². The van der Waals surface area contributed by atoms with E-state index in [2.05, 4.69) is 12.2 Å². The lowest BCUT2D eigenvalue weighted by Crippen LogP contribution is -2.40. The monoisotopic (exact) mass is 249 g/mol. The van der Waals surface area contributed by atoms with Crippen LogP contribution < -0.4 is 5.32 Å². The molecule has 2 rings (SSSR count). The molecule has 0 aliphatic carbocycles. The highest BCUT2D eigenvalue weighted by Gasteiger charge is 2.21. The number of carboxylic acid groups (broad SMARTS) is 1. The first kappa shape index (κ1) is 13.1. The van der Waals surface area contributed by atoms with Crippen molar-refractivity contribution in [2.24, 2.45) is 5.92 Å². The lowest BCUT2D eigenvalue weighted by molar-refractivity contribution is -0.00658. The van der Waals surface area contributed by atoms with Crippen molar-refractivity contribution in [3.8, 4) is 0 Å². The van der Waals surface area contributed by atoms with Gasteiger partial charge < -0.3 is 15.2 Å². The molecule has 2 N–H and O–H groups in total. The molecule has 1 aromatic carbocycles. The van der Waals surface area contributed by atoms with Crippen LogP contribution in [0.5, 0.6) is 0 Å². The topological polar surface area (TPSA) is 58.6 Å². The Labute approximate surface area is 107 Å². The van der Waals surface area contributed by atoms with E-state index in [0.29, 0.717) is 18.1 Å². The number of carboxylic acids is 1. The highest BCUT2D eigenvalue weighted by molar-refractivity contribution is 5.87. The van der Waals surface area contributed by atoms with Gasteiger partial charge in [0.1, 0.15) is 0 Å². The first-order valence-corrected chi connectivity index (χ1v) is 6.31. The van der Waals surface area contributed by atoms with E-state index >= 15 is 0 Å². The van der Waals surface area contributed by atoms with Crippen LogP contribution in [-0.4, -0.2) is 30.3 Å². The molecule has 1 fully saturated rings. The van der Waals surface area contributed by atoms with Crippen LogP contribution in [0.15, 0.2) is 24.3 Å². The molecule has 1 heterocycles. The van der Waals surface area contributed by atoms with E-state index in [0.717, 1.165) is 25.1 Å². The summed E-state index contributed by atoms with van der Waals surface area (Å²) in [6, 6.07) is 6.85. The Kier molecular flexibility index (Phi) is 4.33. The molecule has 0 saturated carbocycles. The highest BCUT2D eigenvalue weighted by atomic mass is 16.5. The van der Waals surface area contributed by atoms with Gasteiger partial charge in [-0.2, -0.15) is 0 Å². The number of piperidine rings is 1. The molecule has 1 saturated heterocycles. The van der Waals surface area contributed by atoms with Gasteiger partial charge in [0.25, 0.3) is 0 Å². The Morgan fingerprint density at radius 2 is 2.17 bits per heavy atom. The summed E-state index contributed by atoms with van der Waals surface area (Å²) in [4.78, 5) is 10.7. The van der Waals surface area contributed by atoms with Crippen molar-refractivity contribution in [2.45, 2.75) is 26.1 Å². The molecule has 4 nitrogen and oxygen atoms in total. The number of nitrogens with one attached hydrogen (secondary N) is 1. The smallest absolute Gasteiger partial charge is 0.335 e. The Bertz CT molecular complexity index is 402. The van der Waals surface area contributed by atoms with Crippen LogP contribution in [-0.2, 0) is 11.3 Å². The predicted octanol–water partition coefficient (Wildman–Crippen LogP) is 1.90. The van der Waals surface area contributed by atoms with Crippen molar-refractivity contribution >= 4 is 5.97 Å². The van der Waals surface area contributed by atoms with E-state index in [9.17, 15) is 4.79 Å². The lowest BCUT2D eigenvalue weighted by Gasteiger charge is -2.29. The second-order valence-corrected chi connectivity index (χ2v) is 4.82. The summed E-state index contributed by atoms with van der Waals surface area (Å²) in [6.45, 7) is 4.71. The molecule has 0 bridgehead atoms. The molecule has 2 atom stereocenters. The van der Waals surface area contributed by atoms with Crippen LogP contribution in [0.4, 0.5) is 0 Å². The summed E-state index contributed by atoms with van der Waals surface area (Å²) in [6.07, 6.45) is 1.39. The third-order valence-corrected chi connectivity index (χ3v) is 3.42. The van der Waals surface area contributed by atoms with Gasteiger partial charge >= 0.3 is 5.97 Å². The van der Waals surface area contributed by atoms with Crippen molar-refractivity contribution < 1.29 is 14.6 Å². The minimum Gasteiger partial charge on any atom is -0.478 e. The fourth-order valence-electron chi connectivity index (χ4n) is 2.13. The number of aromatic carboxylic acids is 1. The number of carbonyl (C=O) groups is 1. The Morgan fingerprint density at radius 1 is 1.44 bits per heavy atom. The molecule has 1 aliphatic rings. The third-order valence-electron chi connectivity index (χ3n) is 3.42. The number of benzene rings is 1. The van der Waals surface area contributed by atoms with Gasteiger partial charge in [0.15, 0.2) is 0 Å². The summed E-state index contributed by atoms with van der Waals surface area (Å²) in [7, 11) is 0. The predicted molar refractivity (Wildman–Crippen MR) is 68.6 cm³/mol. The SMILES string of the molecule is CC1CCNCC1OCc1ccc(C(=O)O)cc1. The Hall–Kier alpha value is -1.39. The highest BCUT2D eigenvalue weighted by Crippen LogP contribution is 2.16. The van der Waals surface area contributed by atoms with Crippen molar-refractivity contribution in [3.63, 3.8) is 0 Å². The second kappa shape index (κ2) is 5.98. The molecule has 0 aromatic heterocycles. The van der Waals surface area contributed by atoms with Crippen molar-refractivity contribution in [1.29, 1.82) is 0 Å². The molecule has 2 unspecified atom stereocenters. The van der Waals surface area contributed by atoms with E-state index in [1.54, 1.807) is 12.1 Å². The summed E-state index contributed by atoms with van der Waals surface area (Å²) < 4.78 is 5.87. The van der Waals surface area contributed by atoms with Crippen LogP contribution in [0.2, 0.25) is 0 Å². The zero-order valence-electron chi connectivity index (χ0n) is 10.6. The molecule has 1 aromatic rings. The zero-order valence-corrected chi connectivity index (χ0v) is 10.6. The summed E-state index contributed by atoms with van der Waals surface area (Å²) in [5.74, 6) is -0.322. The van der Waals surface area contributed by atoms with E-state index < -0.39 is 5.97 Å². The van der Waals surface area contributed by atoms with Gasteiger partial charge in [-0.3, -0.25) is 0 Å². The number of rotatable bonds is 4. The summed E-state index contributed by atoms with van der Waals surface area (Å²) >= 11 is 0. The second-order valence-electron chi connectivity index (χ2n) is 4.82. The van der Waals surface area contributed by atoms with Crippen LogP contribution in [0.25, 0.3) is 0 Å². The number of hydrogen-bond acceptors (Lipinski definition) is 3. The molecule has 1 aliphatic heterocycles. The van der Waals surface area contributed by atoms with E-state index in [1.165, 1.54) is 0 Å². The first-order chi connectivity index (χ1) is 8.66. The van der Waals surface area contributed by atoms with Gasteiger partial charge in [-0.15, -0.1) is 0 Å². The zero-order chi connectivity index (χ0) is 13.0. The fraction of sp³-hybridized carbons (Fsp3) is 0.500. The minimum atomic E-state index is -0.896. The lowest BCUT2D eigenvalue weighted by atomic mass is 9.97. The molecule has 4 heteroatoms. The minimum absolute atomic E-state index is 0.248. The quantitative estimate of drug-likeness (QED) is 0.855. The molecular formula is C14H19NO3. The molecule has 0 spiro atoms. The maximum absolute atomic E-state index is 10.7. The summed E-state index contributed by atoms with van der Waals surface area (Å²) in [5.41, 5.74) is 1.32. The Balaban J connectivity index is 1.87. The van der Waals surface area contributed by atoms with E-state index in [1.807, 2.05) is 12.1 Å². The van der Waals surface area contributed by atoms with Gasteiger partial charge in [-0.25, -0.2) is 4.79 Å². The first-order valence-electron chi connectivity index (χ1n) is 6.31. The maximum atomic E-state index is 10.7. The van der Waals surface area contributed by atoms with E-state index in [-0.39, 0.29) is 6.10 Å². The average molecular weight is 249 g/mol. The maximum Gasteiger partial charge on any atom is 0.335 e. The average Bonchev–Trinajstić information content (AvgIpc) is 2.38. The van der Waals surface area contributed by atoms with Gasteiger partial charge in [0.2, 0.25) is 0 Å². The largest absolute Gasteiger partial charge is 0.478 e. The van der Waals surface area contributed by atoms with Gasteiger partial charge in [0.05, 0.1) is 18.3 Å². The van der Waals surface area contributed by atoms with E-state index in [4.69, 9.17) is 9.84 Å². The fourth-order valence-corrected chi connectivity index (χ4v) is 2.13. The van der Waals surface area contributed by atoms with Gasteiger partial charge in [-0.1, -0.05) is 19.1 Å². The van der Waals surface area contributed by atoms with Gasteiger partial charge in [-0.05, 0) is 36.6 Å². The van der Waals surface area contributed by atoms with Crippen LogP contribution >= 0.6 is 0 Å². The standard InChI is InChI=1S/C14H19NO3/c1-10-6-7-15-8-13(10)18-9-11-2-4-12(5-3-11)14(16)17/h2-5,10,13,15H,6-9H2,1H3,(H,16,17). The molecule has 0 radical (unpaired) electrons. The molecular weight excluding hydrogens is 230 g/mol. The number of hydrogen-bond donors (Lipinski definition) is 2. The van der Waals surface area contributed by atoms with Crippen LogP contribution in [0.1, 0.15) is 29.3 Å². The van der Waals surface area contributed by atoms with Crippen molar-refractivity contribution in [3.05, 3.63) is 35.4 Å². The molecule has 18 heavy (non-hydrogen) atoms. The Morgan fingerprint density at radius 3 is 2.78 bits per heavy atom. The normalized spacial score (nSPS) is 23.8. The van der Waals surface area contributed by atoms with Crippen molar-refractivity contribution in [1.82, 2.24) is 5.32 Å². The molecule has 98 valence electrons. The number of ether oxygens (including phenoxy) is 1. The van der Waals surface area contributed by atoms with Gasteiger partial charge in [0, 0.05) is 6.54 Å². The summed E-state index contributed by atoms with van der Waals surface area (Å²) in [5, 5.41) is 12.1.